The molecule has 0 radical (unpaired) electrons. The molecule has 0 spiro atoms. The largest absolute Gasteiger partial charge is 0.497 e. The molecule has 2 N–H and O–H groups in total. The molecule has 2 aliphatic rings. The fourth-order valence-electron chi connectivity index (χ4n) is 4.68. The van der Waals surface area contributed by atoms with Gasteiger partial charge in [-0.05, 0) is 49.2 Å². The third-order valence-corrected chi connectivity index (χ3v) is 6.97. The summed E-state index contributed by atoms with van der Waals surface area (Å²) in [6.45, 7) is 8.08. The van der Waals surface area contributed by atoms with Crippen molar-refractivity contribution in [3.63, 3.8) is 0 Å². The average Bonchev–Trinajstić information content (AvgIpc) is 2.88. The van der Waals surface area contributed by atoms with E-state index in [9.17, 15) is 14.4 Å². The first-order valence-corrected chi connectivity index (χ1v) is 12.4. The van der Waals surface area contributed by atoms with Crippen LogP contribution in [-0.4, -0.2) is 86.5 Å². The van der Waals surface area contributed by atoms with Crippen molar-refractivity contribution in [2.75, 3.05) is 63.1 Å². The number of ether oxygens (including phenoxy) is 1. The van der Waals surface area contributed by atoms with Crippen LogP contribution in [0.25, 0.3) is 0 Å². The van der Waals surface area contributed by atoms with Gasteiger partial charge in [-0.15, -0.1) is 0 Å². The first-order chi connectivity index (χ1) is 17.3. The average molecular weight is 494 g/mol. The standard InChI is InChI=1S/C27H35N5O4/c1-19-7-8-21(15-20(19)2)29-25(33)17-24-27(35)28-9-10-32(24)26(34)18-30-11-13-31(14-12-30)22-5-4-6-23(16-22)36-3/h4-8,15-16,24H,9-14,17-18H2,1-3H3,(H,28,35)(H,29,33)/t24-/m0/s1. The number of nitrogens with zero attached hydrogens (tertiary/aromatic N) is 3. The predicted molar refractivity (Wildman–Crippen MR) is 139 cm³/mol. The molecule has 0 unspecified atom stereocenters. The Labute approximate surface area is 212 Å². The number of benzene rings is 2. The number of carbonyl (C=O) groups excluding carboxylic acids is 3. The maximum Gasteiger partial charge on any atom is 0.243 e. The molecule has 1 atom stereocenters. The number of hydrogen-bond acceptors (Lipinski definition) is 6. The van der Waals surface area contributed by atoms with Crippen LogP contribution in [0.2, 0.25) is 0 Å². The topological polar surface area (TPSA) is 94.2 Å². The molecule has 2 saturated heterocycles. The SMILES string of the molecule is COc1cccc(N2CCN(CC(=O)N3CCNC(=O)[C@@H]3CC(=O)Nc3ccc(C)c(C)c3)CC2)c1. The van der Waals surface area contributed by atoms with Gasteiger partial charge in [0.1, 0.15) is 11.8 Å². The number of anilines is 2. The lowest BCUT2D eigenvalue weighted by molar-refractivity contribution is -0.145. The molecular weight excluding hydrogens is 458 g/mol. The molecular formula is C27H35N5O4. The molecule has 2 aliphatic heterocycles. The summed E-state index contributed by atoms with van der Waals surface area (Å²) < 4.78 is 5.33. The third kappa shape index (κ3) is 6.15. The molecule has 2 aromatic rings. The second-order valence-corrected chi connectivity index (χ2v) is 9.41. The third-order valence-electron chi connectivity index (χ3n) is 6.97. The van der Waals surface area contributed by atoms with Gasteiger partial charge in [-0.2, -0.15) is 0 Å². The Balaban J connectivity index is 1.32. The summed E-state index contributed by atoms with van der Waals surface area (Å²) in [5.41, 5.74) is 4.00. The molecule has 9 nitrogen and oxygen atoms in total. The molecule has 2 fully saturated rings. The van der Waals surface area contributed by atoms with E-state index in [2.05, 4.69) is 26.5 Å². The van der Waals surface area contributed by atoms with Crippen LogP contribution in [-0.2, 0) is 14.4 Å². The quantitative estimate of drug-likeness (QED) is 0.611. The van der Waals surface area contributed by atoms with Crippen molar-refractivity contribution >= 4 is 29.1 Å². The van der Waals surface area contributed by atoms with Gasteiger partial charge in [-0.3, -0.25) is 19.3 Å². The van der Waals surface area contributed by atoms with Gasteiger partial charge in [-0.1, -0.05) is 12.1 Å². The summed E-state index contributed by atoms with van der Waals surface area (Å²) in [6.07, 6.45) is -0.0753. The highest BCUT2D eigenvalue weighted by atomic mass is 16.5. The summed E-state index contributed by atoms with van der Waals surface area (Å²) in [5, 5.41) is 5.66. The second kappa shape index (κ2) is 11.4. The van der Waals surface area contributed by atoms with E-state index in [4.69, 9.17) is 4.74 Å². The molecule has 36 heavy (non-hydrogen) atoms. The lowest BCUT2D eigenvalue weighted by Crippen LogP contribution is -2.60. The summed E-state index contributed by atoms with van der Waals surface area (Å²) >= 11 is 0. The van der Waals surface area contributed by atoms with Gasteiger partial charge in [-0.25, -0.2) is 0 Å². The van der Waals surface area contributed by atoms with Crippen LogP contribution in [0.3, 0.4) is 0 Å². The lowest BCUT2D eigenvalue weighted by atomic mass is 10.1. The van der Waals surface area contributed by atoms with Crippen molar-refractivity contribution in [2.24, 2.45) is 0 Å². The second-order valence-electron chi connectivity index (χ2n) is 9.41. The number of piperazine rings is 2. The maximum absolute atomic E-state index is 13.2. The molecule has 9 heteroatoms. The van der Waals surface area contributed by atoms with E-state index in [1.165, 1.54) is 0 Å². The van der Waals surface area contributed by atoms with E-state index < -0.39 is 6.04 Å². The molecule has 2 heterocycles. The zero-order valence-corrected chi connectivity index (χ0v) is 21.3. The van der Waals surface area contributed by atoms with E-state index in [0.29, 0.717) is 18.8 Å². The fourth-order valence-corrected chi connectivity index (χ4v) is 4.68. The van der Waals surface area contributed by atoms with Crippen molar-refractivity contribution in [3.8, 4) is 5.75 Å². The van der Waals surface area contributed by atoms with Gasteiger partial charge in [0.15, 0.2) is 0 Å². The van der Waals surface area contributed by atoms with Crippen LogP contribution in [0.1, 0.15) is 17.5 Å². The minimum absolute atomic E-state index is 0.0753. The number of hydrogen-bond donors (Lipinski definition) is 2. The van der Waals surface area contributed by atoms with Gasteiger partial charge in [0.05, 0.1) is 20.1 Å². The Bertz CT molecular complexity index is 1110. The molecule has 4 rings (SSSR count). The van der Waals surface area contributed by atoms with Gasteiger partial charge in [0.25, 0.3) is 0 Å². The van der Waals surface area contributed by atoms with E-state index in [-0.39, 0.29) is 30.7 Å². The minimum atomic E-state index is -0.809. The van der Waals surface area contributed by atoms with Crippen molar-refractivity contribution in [1.82, 2.24) is 15.1 Å². The molecule has 0 aliphatic carbocycles. The molecule has 2 aromatic carbocycles. The summed E-state index contributed by atoms with van der Waals surface area (Å²) in [6, 6.07) is 12.9. The van der Waals surface area contributed by atoms with E-state index in [1.807, 2.05) is 50.2 Å². The summed E-state index contributed by atoms with van der Waals surface area (Å²) in [4.78, 5) is 44.5. The van der Waals surface area contributed by atoms with Crippen LogP contribution in [0.15, 0.2) is 42.5 Å². The number of nitrogens with one attached hydrogen (secondary N) is 2. The molecule has 0 aromatic heterocycles. The van der Waals surface area contributed by atoms with Crippen molar-refractivity contribution < 1.29 is 19.1 Å². The van der Waals surface area contributed by atoms with Gasteiger partial charge >= 0.3 is 0 Å². The minimum Gasteiger partial charge on any atom is -0.497 e. The van der Waals surface area contributed by atoms with Crippen molar-refractivity contribution in [2.45, 2.75) is 26.3 Å². The first-order valence-electron chi connectivity index (χ1n) is 12.4. The highest BCUT2D eigenvalue weighted by Crippen LogP contribution is 2.22. The lowest BCUT2D eigenvalue weighted by Gasteiger charge is -2.39. The van der Waals surface area contributed by atoms with E-state index >= 15 is 0 Å². The number of carbonyl (C=O) groups is 3. The highest BCUT2D eigenvalue weighted by molar-refractivity contribution is 5.97. The Morgan fingerprint density at radius 2 is 1.81 bits per heavy atom. The molecule has 3 amide bonds. The van der Waals surface area contributed by atoms with Gasteiger partial charge in [0.2, 0.25) is 17.7 Å². The van der Waals surface area contributed by atoms with Crippen LogP contribution in [0, 0.1) is 13.8 Å². The van der Waals surface area contributed by atoms with Crippen molar-refractivity contribution in [3.05, 3.63) is 53.6 Å². The summed E-state index contributed by atoms with van der Waals surface area (Å²) in [5.74, 6) is 0.127. The predicted octanol–water partition coefficient (Wildman–Crippen LogP) is 1.79. The van der Waals surface area contributed by atoms with Gasteiger partial charge < -0.3 is 25.2 Å². The smallest absolute Gasteiger partial charge is 0.243 e. The Hall–Kier alpha value is -3.59. The Morgan fingerprint density at radius 3 is 2.53 bits per heavy atom. The van der Waals surface area contributed by atoms with Crippen molar-refractivity contribution in [1.29, 1.82) is 0 Å². The van der Waals surface area contributed by atoms with Crippen LogP contribution >= 0.6 is 0 Å². The first kappa shape index (κ1) is 25.5. The molecule has 0 saturated carbocycles. The molecule has 0 bridgehead atoms. The normalized spacial score (nSPS) is 18.5. The Kier molecular flexibility index (Phi) is 8.10. The van der Waals surface area contributed by atoms with Gasteiger partial charge in [0, 0.05) is 56.7 Å². The number of amides is 3. The fraction of sp³-hybridized carbons (Fsp3) is 0.444. The Morgan fingerprint density at radius 1 is 1.03 bits per heavy atom. The summed E-state index contributed by atoms with van der Waals surface area (Å²) in [7, 11) is 1.66. The van der Waals surface area contributed by atoms with E-state index in [0.717, 1.165) is 48.7 Å². The molecule has 192 valence electrons. The van der Waals surface area contributed by atoms with Crippen LogP contribution < -0.4 is 20.3 Å². The monoisotopic (exact) mass is 493 g/mol. The number of aryl methyl sites for hydroxylation is 2. The zero-order chi connectivity index (χ0) is 25.7. The number of rotatable bonds is 7. The van der Waals surface area contributed by atoms with Crippen LogP contribution in [0.4, 0.5) is 11.4 Å². The number of methoxy groups -OCH3 is 1. The van der Waals surface area contributed by atoms with E-state index in [1.54, 1.807) is 12.0 Å². The highest BCUT2D eigenvalue weighted by Gasteiger charge is 2.35. The zero-order valence-electron chi connectivity index (χ0n) is 21.3. The maximum atomic E-state index is 13.2. The van der Waals surface area contributed by atoms with Crippen LogP contribution in [0.5, 0.6) is 5.75 Å².